The fourth-order valence-corrected chi connectivity index (χ4v) is 2.32. The van der Waals surface area contributed by atoms with Gasteiger partial charge in [-0.3, -0.25) is 4.79 Å². The Labute approximate surface area is 108 Å². The van der Waals surface area contributed by atoms with Crippen LogP contribution in [0.4, 0.5) is 0 Å². The zero-order valence-corrected chi connectivity index (χ0v) is 11.6. The van der Waals surface area contributed by atoms with Gasteiger partial charge in [0.2, 0.25) is 0 Å². The van der Waals surface area contributed by atoms with Gasteiger partial charge in [0.1, 0.15) is 5.75 Å². The number of hydrogen-bond donors (Lipinski definition) is 1. The van der Waals surface area contributed by atoms with Crippen LogP contribution in [0.3, 0.4) is 0 Å². The van der Waals surface area contributed by atoms with Crippen LogP contribution < -0.4 is 4.74 Å². The van der Waals surface area contributed by atoms with Crippen molar-refractivity contribution in [1.29, 1.82) is 0 Å². The smallest absolute Gasteiger partial charge is 0.311 e. The number of aliphatic carboxylic acids is 1. The predicted octanol–water partition coefficient (Wildman–Crippen LogP) is 2.41. The van der Waals surface area contributed by atoms with Gasteiger partial charge in [-0.15, -0.1) is 0 Å². The van der Waals surface area contributed by atoms with Crippen molar-refractivity contribution in [2.75, 3.05) is 21.2 Å². The lowest BCUT2D eigenvalue weighted by atomic mass is 9.79. The highest BCUT2D eigenvalue weighted by Crippen LogP contribution is 2.41. The fraction of sp³-hybridized carbons (Fsp3) is 0.500. The van der Waals surface area contributed by atoms with E-state index in [-0.39, 0.29) is 6.04 Å². The van der Waals surface area contributed by atoms with E-state index in [9.17, 15) is 9.90 Å². The molecule has 1 unspecified atom stereocenters. The lowest BCUT2D eigenvalue weighted by Gasteiger charge is -2.36. The average molecular weight is 251 g/mol. The summed E-state index contributed by atoms with van der Waals surface area (Å²) in [5, 5.41) is 9.42. The standard InChI is InChI=1S/C14H21NO3/c1-14(2,13(16)17)12(15(3)4)10-8-6-7-9-11(10)18-5/h6-9,12H,1-5H3,(H,16,17). The molecule has 4 nitrogen and oxygen atoms in total. The largest absolute Gasteiger partial charge is 0.496 e. The zero-order valence-electron chi connectivity index (χ0n) is 11.6. The molecule has 4 heteroatoms. The molecule has 0 fully saturated rings. The molecule has 0 amide bonds. The number of benzene rings is 1. The summed E-state index contributed by atoms with van der Waals surface area (Å²) in [7, 11) is 5.35. The molecule has 0 heterocycles. The normalized spacial score (nSPS) is 13.4. The van der Waals surface area contributed by atoms with E-state index in [4.69, 9.17) is 4.74 Å². The second-order valence-corrected chi connectivity index (χ2v) is 5.13. The van der Waals surface area contributed by atoms with Gasteiger partial charge in [-0.1, -0.05) is 18.2 Å². The van der Waals surface area contributed by atoms with Crippen LogP contribution in [-0.2, 0) is 4.79 Å². The molecule has 0 saturated heterocycles. The third-order valence-electron chi connectivity index (χ3n) is 3.18. The molecule has 0 aliphatic heterocycles. The molecule has 1 rings (SSSR count). The second kappa shape index (κ2) is 5.40. The van der Waals surface area contributed by atoms with Gasteiger partial charge in [-0.25, -0.2) is 0 Å². The maximum atomic E-state index is 11.5. The average Bonchev–Trinajstić information content (AvgIpc) is 2.28. The van der Waals surface area contributed by atoms with Crippen molar-refractivity contribution in [3.63, 3.8) is 0 Å². The number of carbonyl (C=O) groups is 1. The SMILES string of the molecule is COc1ccccc1C(N(C)C)C(C)(C)C(=O)O. The molecule has 1 aromatic rings. The first-order valence-corrected chi connectivity index (χ1v) is 5.85. The van der Waals surface area contributed by atoms with E-state index in [1.165, 1.54) is 0 Å². The topological polar surface area (TPSA) is 49.8 Å². The number of nitrogens with zero attached hydrogens (tertiary/aromatic N) is 1. The molecule has 1 N–H and O–H groups in total. The van der Waals surface area contributed by atoms with Crippen LogP contribution in [0.25, 0.3) is 0 Å². The Bertz CT molecular complexity index is 427. The quantitative estimate of drug-likeness (QED) is 0.873. The Morgan fingerprint density at radius 1 is 1.33 bits per heavy atom. The molecule has 0 spiro atoms. The van der Waals surface area contributed by atoms with Crippen molar-refractivity contribution in [2.45, 2.75) is 19.9 Å². The van der Waals surface area contributed by atoms with Crippen molar-refractivity contribution < 1.29 is 14.6 Å². The molecule has 1 atom stereocenters. The molecule has 0 bridgehead atoms. The van der Waals surface area contributed by atoms with Crippen molar-refractivity contribution in [3.8, 4) is 5.75 Å². The lowest BCUT2D eigenvalue weighted by Crippen LogP contribution is -2.39. The summed E-state index contributed by atoms with van der Waals surface area (Å²) in [4.78, 5) is 13.4. The number of methoxy groups -OCH3 is 1. The van der Waals surface area contributed by atoms with Crippen molar-refractivity contribution >= 4 is 5.97 Å². The zero-order chi connectivity index (χ0) is 13.9. The van der Waals surface area contributed by atoms with Crippen LogP contribution in [0.15, 0.2) is 24.3 Å². The molecule has 0 aromatic heterocycles. The Morgan fingerprint density at radius 2 is 1.89 bits per heavy atom. The van der Waals surface area contributed by atoms with Crippen LogP contribution in [0.2, 0.25) is 0 Å². The van der Waals surface area contributed by atoms with Gasteiger partial charge in [-0.05, 0) is 34.0 Å². The molecule has 18 heavy (non-hydrogen) atoms. The lowest BCUT2D eigenvalue weighted by molar-refractivity contribution is -0.150. The summed E-state index contributed by atoms with van der Waals surface area (Å²) in [6.45, 7) is 3.46. The molecular weight excluding hydrogens is 230 g/mol. The third-order valence-corrected chi connectivity index (χ3v) is 3.18. The van der Waals surface area contributed by atoms with Gasteiger partial charge >= 0.3 is 5.97 Å². The van der Waals surface area contributed by atoms with E-state index < -0.39 is 11.4 Å². The van der Waals surface area contributed by atoms with Crippen LogP contribution in [0, 0.1) is 5.41 Å². The minimum atomic E-state index is -0.905. The van der Waals surface area contributed by atoms with Gasteiger partial charge in [0.05, 0.1) is 18.6 Å². The number of para-hydroxylation sites is 1. The first-order chi connectivity index (χ1) is 8.32. The molecule has 0 saturated carbocycles. The Hall–Kier alpha value is -1.55. The Morgan fingerprint density at radius 3 is 2.33 bits per heavy atom. The highest BCUT2D eigenvalue weighted by atomic mass is 16.5. The molecule has 0 aliphatic rings. The van der Waals surface area contributed by atoms with Gasteiger partial charge < -0.3 is 14.7 Å². The molecular formula is C14H21NO3. The Kier molecular flexibility index (Phi) is 4.35. The summed E-state index contributed by atoms with van der Waals surface area (Å²) in [6.07, 6.45) is 0. The molecule has 100 valence electrons. The van der Waals surface area contributed by atoms with E-state index in [0.29, 0.717) is 5.75 Å². The first kappa shape index (κ1) is 14.5. The molecule has 1 aromatic carbocycles. The van der Waals surface area contributed by atoms with Crippen molar-refractivity contribution in [1.82, 2.24) is 4.90 Å². The van der Waals surface area contributed by atoms with Gasteiger partial charge in [-0.2, -0.15) is 0 Å². The highest BCUT2D eigenvalue weighted by molar-refractivity contribution is 5.75. The number of rotatable bonds is 5. The van der Waals surface area contributed by atoms with Gasteiger partial charge in [0.25, 0.3) is 0 Å². The number of carboxylic acids is 1. The number of hydrogen-bond acceptors (Lipinski definition) is 3. The van der Waals surface area contributed by atoms with Crippen LogP contribution in [0.1, 0.15) is 25.5 Å². The molecule has 0 radical (unpaired) electrons. The molecule has 0 aliphatic carbocycles. The monoisotopic (exact) mass is 251 g/mol. The van der Waals surface area contributed by atoms with E-state index in [0.717, 1.165) is 5.56 Å². The van der Waals surface area contributed by atoms with Gasteiger partial charge in [0.15, 0.2) is 0 Å². The minimum Gasteiger partial charge on any atom is -0.496 e. The minimum absolute atomic E-state index is 0.258. The first-order valence-electron chi connectivity index (χ1n) is 5.85. The van der Waals surface area contributed by atoms with E-state index in [2.05, 4.69) is 0 Å². The van der Waals surface area contributed by atoms with Crippen molar-refractivity contribution in [2.24, 2.45) is 5.41 Å². The summed E-state index contributed by atoms with van der Waals surface area (Å²) >= 11 is 0. The maximum Gasteiger partial charge on any atom is 0.311 e. The van der Waals surface area contributed by atoms with Crippen LogP contribution in [-0.4, -0.2) is 37.2 Å². The van der Waals surface area contributed by atoms with Crippen LogP contribution >= 0.6 is 0 Å². The third kappa shape index (κ3) is 2.64. The van der Waals surface area contributed by atoms with Crippen LogP contribution in [0.5, 0.6) is 5.75 Å². The van der Waals surface area contributed by atoms with Crippen molar-refractivity contribution in [3.05, 3.63) is 29.8 Å². The van der Waals surface area contributed by atoms with E-state index >= 15 is 0 Å². The maximum absolute atomic E-state index is 11.5. The van der Waals surface area contributed by atoms with E-state index in [1.807, 2.05) is 43.3 Å². The van der Waals surface area contributed by atoms with E-state index in [1.54, 1.807) is 21.0 Å². The fourth-order valence-electron chi connectivity index (χ4n) is 2.32. The number of ether oxygens (including phenoxy) is 1. The summed E-state index contributed by atoms with van der Waals surface area (Å²) < 4.78 is 5.33. The number of carboxylic acid groups (broad SMARTS) is 1. The summed E-state index contributed by atoms with van der Waals surface area (Å²) in [5.74, 6) is -0.113. The summed E-state index contributed by atoms with van der Waals surface area (Å²) in [6, 6.07) is 7.28. The second-order valence-electron chi connectivity index (χ2n) is 5.13. The Balaban J connectivity index is 3.33. The predicted molar refractivity (Wildman–Crippen MR) is 70.8 cm³/mol. The summed E-state index contributed by atoms with van der Waals surface area (Å²) in [5.41, 5.74) is -0.0181. The highest BCUT2D eigenvalue weighted by Gasteiger charge is 2.40. The van der Waals surface area contributed by atoms with Gasteiger partial charge in [0, 0.05) is 5.56 Å².